The molecular formula is C17H21ClN5O3S+. The first-order chi connectivity index (χ1) is 12.7. The van der Waals surface area contributed by atoms with E-state index in [0.717, 1.165) is 13.0 Å². The molecule has 3 rings (SSSR count). The molecule has 3 aromatic rings. The van der Waals surface area contributed by atoms with Gasteiger partial charge in [-0.3, -0.25) is 4.79 Å². The number of hydrogen-bond acceptors (Lipinski definition) is 5. The van der Waals surface area contributed by atoms with Crippen LogP contribution in [0.4, 0.5) is 5.82 Å². The van der Waals surface area contributed by atoms with Crippen LogP contribution >= 0.6 is 11.6 Å². The van der Waals surface area contributed by atoms with Gasteiger partial charge in [0.25, 0.3) is 5.56 Å². The van der Waals surface area contributed by atoms with E-state index in [1.54, 1.807) is 4.57 Å². The molecule has 0 aliphatic carbocycles. The van der Waals surface area contributed by atoms with Crippen molar-refractivity contribution < 1.29 is 13.3 Å². The number of aromatic nitrogens is 3. The van der Waals surface area contributed by atoms with Gasteiger partial charge in [0, 0.05) is 23.4 Å². The quantitative estimate of drug-likeness (QED) is 0.541. The second kappa shape index (κ2) is 7.34. The van der Waals surface area contributed by atoms with Gasteiger partial charge in [0.05, 0.1) is 31.7 Å². The van der Waals surface area contributed by atoms with Crippen molar-refractivity contribution in [3.05, 3.63) is 45.8 Å². The minimum absolute atomic E-state index is 0.0345. The van der Waals surface area contributed by atoms with E-state index >= 15 is 0 Å². The summed E-state index contributed by atoms with van der Waals surface area (Å²) in [6.07, 6.45) is 2.06. The lowest BCUT2D eigenvalue weighted by Crippen LogP contribution is -3.05. The highest BCUT2D eigenvalue weighted by atomic mass is 35.5. The van der Waals surface area contributed by atoms with E-state index in [1.165, 1.54) is 35.4 Å². The van der Waals surface area contributed by atoms with Crippen LogP contribution in [0.25, 0.3) is 10.9 Å². The van der Waals surface area contributed by atoms with Crippen LogP contribution < -0.4 is 16.2 Å². The summed E-state index contributed by atoms with van der Waals surface area (Å²) in [5.74, 6) is 0.0345. The molecule has 0 saturated heterocycles. The third kappa shape index (κ3) is 3.58. The summed E-state index contributed by atoms with van der Waals surface area (Å²) >= 11 is 5.86. The monoisotopic (exact) mass is 410 g/mol. The van der Waals surface area contributed by atoms with Gasteiger partial charge >= 0.3 is 0 Å². The van der Waals surface area contributed by atoms with Crippen LogP contribution in [-0.4, -0.2) is 43.8 Å². The van der Waals surface area contributed by atoms with Gasteiger partial charge in [0.1, 0.15) is 16.2 Å². The molecule has 0 bridgehead atoms. The fourth-order valence-corrected chi connectivity index (χ4v) is 4.72. The summed E-state index contributed by atoms with van der Waals surface area (Å²) < 4.78 is 28.0. The lowest BCUT2D eigenvalue weighted by Gasteiger charge is -2.10. The number of rotatable bonds is 6. The van der Waals surface area contributed by atoms with Crippen LogP contribution in [0.1, 0.15) is 6.42 Å². The third-order valence-corrected chi connectivity index (χ3v) is 6.43. The van der Waals surface area contributed by atoms with Gasteiger partial charge < -0.3 is 15.2 Å². The number of halogens is 1. The number of aryl methyl sites for hydroxylation is 1. The van der Waals surface area contributed by atoms with Crippen molar-refractivity contribution in [1.82, 2.24) is 14.8 Å². The summed E-state index contributed by atoms with van der Waals surface area (Å²) in [6.45, 7) is 1.28. The molecule has 0 radical (unpaired) electrons. The maximum Gasteiger partial charge on any atom is 0.288 e. The highest BCUT2D eigenvalue weighted by molar-refractivity contribution is 7.92. The van der Waals surface area contributed by atoms with Crippen molar-refractivity contribution in [1.29, 1.82) is 0 Å². The van der Waals surface area contributed by atoms with Crippen molar-refractivity contribution in [3.8, 4) is 0 Å². The van der Waals surface area contributed by atoms with Gasteiger partial charge in [-0.1, -0.05) is 11.6 Å². The number of nitrogens with two attached hydrogens (primary N) is 1. The fourth-order valence-electron chi connectivity index (χ4n) is 3.04. The van der Waals surface area contributed by atoms with E-state index in [1.807, 2.05) is 14.1 Å². The average Bonchev–Trinajstić information content (AvgIpc) is 2.89. The number of H-pyrrole nitrogens is 1. The second-order valence-corrected chi connectivity index (χ2v) is 8.92. The number of nitrogens with one attached hydrogen (secondary N) is 2. The standard InChI is InChI=1S/C17H20ClN5O3S/c1-22(2)8-3-9-23-14-13(10-20-21-17(14)24)15(16(23)19)27(25,26)12-6-4-11(18)5-7-12/h4-7,10H,3,8-9,19H2,1-2H3,(H,21,24)/p+1. The van der Waals surface area contributed by atoms with Crippen molar-refractivity contribution >= 4 is 38.2 Å². The molecule has 4 N–H and O–H groups in total. The van der Waals surface area contributed by atoms with Gasteiger partial charge in [-0.15, -0.1) is 0 Å². The third-order valence-electron chi connectivity index (χ3n) is 4.32. The first-order valence-electron chi connectivity index (χ1n) is 8.38. The Balaban J connectivity index is 2.21. The second-order valence-electron chi connectivity index (χ2n) is 6.60. The number of nitrogens with zero attached hydrogens (tertiary/aromatic N) is 2. The largest absolute Gasteiger partial charge is 0.384 e. The molecule has 0 aliphatic heterocycles. The van der Waals surface area contributed by atoms with Crippen LogP contribution in [0.2, 0.25) is 5.02 Å². The van der Waals surface area contributed by atoms with Crippen molar-refractivity contribution in [3.63, 3.8) is 0 Å². The van der Waals surface area contributed by atoms with Crippen LogP contribution in [0.3, 0.4) is 0 Å². The molecule has 8 nitrogen and oxygen atoms in total. The molecule has 0 amide bonds. The van der Waals surface area contributed by atoms with E-state index in [9.17, 15) is 13.2 Å². The Hall–Kier alpha value is -2.36. The van der Waals surface area contributed by atoms with E-state index in [0.29, 0.717) is 11.6 Å². The molecule has 27 heavy (non-hydrogen) atoms. The first-order valence-corrected chi connectivity index (χ1v) is 10.2. The highest BCUT2D eigenvalue weighted by Crippen LogP contribution is 2.34. The number of aromatic amines is 1. The number of sulfone groups is 1. The molecule has 2 heterocycles. The SMILES string of the molecule is C[NH+](C)CCCn1c(N)c(S(=O)(=O)c2ccc(Cl)cc2)c2cn[nH]c(=O)c21. The number of quaternary nitrogens is 1. The summed E-state index contributed by atoms with van der Waals surface area (Å²) in [5.41, 5.74) is 5.96. The molecule has 0 atom stereocenters. The lowest BCUT2D eigenvalue weighted by molar-refractivity contribution is -0.858. The number of hydrogen-bond donors (Lipinski definition) is 3. The number of anilines is 1. The van der Waals surface area contributed by atoms with Crippen LogP contribution in [-0.2, 0) is 16.4 Å². The first kappa shape index (κ1) is 19.4. The van der Waals surface area contributed by atoms with Crippen molar-refractivity contribution in [2.45, 2.75) is 22.8 Å². The predicted molar refractivity (Wildman–Crippen MR) is 104 cm³/mol. The molecule has 0 fully saturated rings. The molecule has 0 unspecified atom stereocenters. The molecule has 0 saturated carbocycles. The maximum atomic E-state index is 13.2. The van der Waals surface area contributed by atoms with Crippen molar-refractivity contribution in [2.24, 2.45) is 0 Å². The summed E-state index contributed by atoms with van der Waals surface area (Å²) in [5, 5.41) is 6.75. The molecule has 10 heteroatoms. The molecule has 144 valence electrons. The summed E-state index contributed by atoms with van der Waals surface area (Å²) in [6, 6.07) is 5.82. The number of benzene rings is 1. The molecule has 2 aromatic heterocycles. The summed E-state index contributed by atoms with van der Waals surface area (Å²) in [7, 11) is 0.0835. The normalized spacial score (nSPS) is 12.1. The molecule has 1 aromatic carbocycles. The summed E-state index contributed by atoms with van der Waals surface area (Å²) in [4.78, 5) is 13.6. The Morgan fingerprint density at radius 1 is 1.26 bits per heavy atom. The van der Waals surface area contributed by atoms with Gasteiger partial charge in [-0.25, -0.2) is 13.5 Å². The zero-order valence-electron chi connectivity index (χ0n) is 15.0. The smallest absolute Gasteiger partial charge is 0.288 e. The van der Waals surface area contributed by atoms with Gasteiger partial charge in [-0.05, 0) is 24.3 Å². The maximum absolute atomic E-state index is 13.2. The number of nitrogen functional groups attached to an aromatic ring is 1. The Morgan fingerprint density at radius 3 is 2.56 bits per heavy atom. The average molecular weight is 411 g/mol. The van der Waals surface area contributed by atoms with Crippen LogP contribution in [0, 0.1) is 0 Å². The topological polar surface area (TPSA) is 115 Å². The van der Waals surface area contributed by atoms with Gasteiger partial charge in [-0.2, -0.15) is 5.10 Å². The molecular weight excluding hydrogens is 390 g/mol. The molecule has 0 spiro atoms. The van der Waals surface area contributed by atoms with E-state index in [-0.39, 0.29) is 26.5 Å². The van der Waals surface area contributed by atoms with E-state index in [4.69, 9.17) is 17.3 Å². The zero-order chi connectivity index (χ0) is 19.8. The van der Waals surface area contributed by atoms with E-state index < -0.39 is 15.4 Å². The predicted octanol–water partition coefficient (Wildman–Crippen LogP) is 0.328. The number of fused-ring (bicyclic) bond motifs is 1. The van der Waals surface area contributed by atoms with Gasteiger partial charge in [0.15, 0.2) is 0 Å². The van der Waals surface area contributed by atoms with Crippen LogP contribution in [0.15, 0.2) is 45.0 Å². The van der Waals surface area contributed by atoms with E-state index in [2.05, 4.69) is 10.2 Å². The minimum Gasteiger partial charge on any atom is -0.384 e. The van der Waals surface area contributed by atoms with Crippen molar-refractivity contribution in [2.75, 3.05) is 26.4 Å². The van der Waals surface area contributed by atoms with Gasteiger partial charge in [0.2, 0.25) is 9.84 Å². The minimum atomic E-state index is -3.95. The Morgan fingerprint density at radius 2 is 1.93 bits per heavy atom. The van der Waals surface area contributed by atoms with Crippen LogP contribution in [0.5, 0.6) is 0 Å². The Kier molecular flexibility index (Phi) is 5.27. The Bertz CT molecular complexity index is 1130. The fraction of sp³-hybridized carbons (Fsp3) is 0.294. The molecule has 0 aliphatic rings. The lowest BCUT2D eigenvalue weighted by atomic mass is 10.3. The highest BCUT2D eigenvalue weighted by Gasteiger charge is 2.29. The Labute approximate surface area is 161 Å². The zero-order valence-corrected chi connectivity index (χ0v) is 16.6.